The van der Waals surface area contributed by atoms with Crippen molar-refractivity contribution in [1.82, 2.24) is 9.88 Å². The minimum atomic E-state index is -0.599. The largest absolute Gasteiger partial charge is 0.485 e. The van der Waals surface area contributed by atoms with Gasteiger partial charge in [0.25, 0.3) is 5.91 Å². The molecule has 1 unspecified atom stereocenters. The van der Waals surface area contributed by atoms with Gasteiger partial charge in [-0.25, -0.2) is 4.98 Å². The predicted molar refractivity (Wildman–Crippen MR) is 98.5 cm³/mol. The average molecular weight is 364 g/mol. The molecule has 1 N–H and O–H groups in total. The Hall–Kier alpha value is -3.27. The third kappa shape index (κ3) is 3.80. The molecule has 2 aromatic rings. The van der Waals surface area contributed by atoms with E-state index in [1.54, 1.807) is 6.07 Å². The van der Waals surface area contributed by atoms with Crippen molar-refractivity contribution in [2.75, 3.05) is 25.0 Å². The van der Waals surface area contributed by atoms with Crippen LogP contribution in [0.2, 0.25) is 0 Å². The fourth-order valence-electron chi connectivity index (χ4n) is 3.38. The quantitative estimate of drug-likeness (QED) is 0.898. The summed E-state index contributed by atoms with van der Waals surface area (Å²) in [6, 6.07) is 15.0. The number of para-hydroxylation sites is 2. The van der Waals surface area contributed by atoms with E-state index in [0.717, 1.165) is 12.8 Å². The zero-order chi connectivity index (χ0) is 18.6. The Labute approximate surface area is 157 Å². The maximum Gasteiger partial charge on any atom is 0.267 e. The van der Waals surface area contributed by atoms with Crippen LogP contribution >= 0.6 is 0 Å². The number of aromatic nitrogens is 1. The van der Waals surface area contributed by atoms with Crippen LogP contribution in [0.15, 0.2) is 42.5 Å². The first-order chi connectivity index (χ1) is 13.2. The highest BCUT2D eigenvalue weighted by molar-refractivity contribution is 5.82. The van der Waals surface area contributed by atoms with Gasteiger partial charge in [-0.05, 0) is 37.1 Å². The van der Waals surface area contributed by atoms with Gasteiger partial charge in [0, 0.05) is 19.1 Å². The van der Waals surface area contributed by atoms with Gasteiger partial charge in [0.1, 0.15) is 24.2 Å². The maximum atomic E-state index is 12.8. The number of nitriles is 1. The van der Waals surface area contributed by atoms with Gasteiger partial charge in [-0.2, -0.15) is 5.26 Å². The minimum Gasteiger partial charge on any atom is -0.485 e. The SMILES string of the molecule is N#Cc1cccc(NC2CCN(C(=O)C3COc4ccccc4O3)CC2)n1. The molecule has 27 heavy (non-hydrogen) atoms. The van der Waals surface area contributed by atoms with E-state index < -0.39 is 6.10 Å². The summed E-state index contributed by atoms with van der Waals surface area (Å²) in [5.41, 5.74) is 0.391. The number of nitrogens with zero attached hydrogens (tertiary/aromatic N) is 3. The van der Waals surface area contributed by atoms with Crippen LogP contribution in [0.1, 0.15) is 18.5 Å². The predicted octanol–water partition coefficient (Wildman–Crippen LogP) is 2.20. The monoisotopic (exact) mass is 364 g/mol. The molecular weight excluding hydrogens is 344 g/mol. The van der Waals surface area contributed by atoms with Crippen molar-refractivity contribution in [2.45, 2.75) is 25.0 Å². The number of piperidine rings is 1. The van der Waals surface area contributed by atoms with Crippen LogP contribution in [0.4, 0.5) is 5.82 Å². The van der Waals surface area contributed by atoms with Crippen molar-refractivity contribution in [3.63, 3.8) is 0 Å². The van der Waals surface area contributed by atoms with Gasteiger partial charge in [-0.3, -0.25) is 4.79 Å². The van der Waals surface area contributed by atoms with E-state index >= 15 is 0 Å². The number of hydrogen-bond acceptors (Lipinski definition) is 6. The second-order valence-corrected chi connectivity index (χ2v) is 6.63. The van der Waals surface area contributed by atoms with Gasteiger partial charge in [-0.15, -0.1) is 0 Å². The topological polar surface area (TPSA) is 87.5 Å². The standard InChI is InChI=1S/C20H20N4O3/c21-12-15-4-3-7-19(23-15)22-14-8-10-24(11-9-14)20(25)18-13-26-16-5-1-2-6-17(16)27-18/h1-7,14,18H,8-11,13H2,(H,22,23). The lowest BCUT2D eigenvalue weighted by Gasteiger charge is -2.35. The van der Waals surface area contributed by atoms with E-state index in [0.29, 0.717) is 36.1 Å². The smallest absolute Gasteiger partial charge is 0.267 e. The molecule has 1 aromatic heterocycles. The molecule has 1 aromatic carbocycles. The van der Waals surface area contributed by atoms with Gasteiger partial charge in [0.2, 0.25) is 6.10 Å². The molecule has 1 fully saturated rings. The van der Waals surface area contributed by atoms with Crippen LogP contribution in [-0.4, -0.2) is 47.6 Å². The first-order valence-electron chi connectivity index (χ1n) is 9.04. The van der Waals surface area contributed by atoms with E-state index in [9.17, 15) is 4.79 Å². The lowest BCUT2D eigenvalue weighted by Crippen LogP contribution is -2.50. The number of nitrogens with one attached hydrogen (secondary N) is 1. The summed E-state index contributed by atoms with van der Waals surface area (Å²) >= 11 is 0. The van der Waals surface area contributed by atoms with Gasteiger partial charge in [-0.1, -0.05) is 18.2 Å². The van der Waals surface area contributed by atoms with Crippen LogP contribution in [-0.2, 0) is 4.79 Å². The zero-order valence-corrected chi connectivity index (χ0v) is 14.8. The Balaban J connectivity index is 1.31. The molecule has 4 rings (SSSR count). The molecular formula is C20H20N4O3. The number of pyridine rings is 1. The average Bonchev–Trinajstić information content (AvgIpc) is 2.73. The second-order valence-electron chi connectivity index (χ2n) is 6.63. The van der Waals surface area contributed by atoms with E-state index in [-0.39, 0.29) is 18.6 Å². The molecule has 7 heteroatoms. The normalized spacial score (nSPS) is 19.2. The molecule has 1 amide bonds. The van der Waals surface area contributed by atoms with Gasteiger partial charge in [0.05, 0.1) is 0 Å². The van der Waals surface area contributed by atoms with Crippen LogP contribution in [0.3, 0.4) is 0 Å². The molecule has 7 nitrogen and oxygen atoms in total. The van der Waals surface area contributed by atoms with E-state index in [1.165, 1.54) is 0 Å². The number of ether oxygens (including phenoxy) is 2. The summed E-state index contributed by atoms with van der Waals surface area (Å²) in [5, 5.41) is 12.3. The molecule has 138 valence electrons. The molecule has 3 heterocycles. The van der Waals surface area contributed by atoms with Crippen molar-refractivity contribution < 1.29 is 14.3 Å². The number of carbonyl (C=O) groups is 1. The van der Waals surface area contributed by atoms with Crippen LogP contribution in [0, 0.1) is 11.3 Å². The molecule has 0 saturated carbocycles. The Morgan fingerprint density at radius 2 is 1.93 bits per heavy atom. The number of fused-ring (bicyclic) bond motifs is 1. The Bertz CT molecular complexity index is 872. The number of benzene rings is 1. The fraction of sp³-hybridized carbons (Fsp3) is 0.350. The lowest BCUT2D eigenvalue weighted by molar-refractivity contribution is -0.142. The Morgan fingerprint density at radius 1 is 1.15 bits per heavy atom. The summed E-state index contributed by atoms with van der Waals surface area (Å²) in [7, 11) is 0. The third-order valence-corrected chi connectivity index (χ3v) is 4.81. The van der Waals surface area contributed by atoms with Gasteiger partial charge < -0.3 is 19.7 Å². The minimum absolute atomic E-state index is 0.0347. The van der Waals surface area contributed by atoms with Crippen LogP contribution in [0.5, 0.6) is 11.5 Å². The van der Waals surface area contributed by atoms with Crippen molar-refractivity contribution in [3.8, 4) is 17.6 Å². The summed E-state index contributed by atoms with van der Waals surface area (Å²) in [6.45, 7) is 1.53. The number of rotatable bonds is 3. The number of hydrogen-bond donors (Lipinski definition) is 1. The van der Waals surface area contributed by atoms with Crippen molar-refractivity contribution in [1.29, 1.82) is 5.26 Å². The molecule has 0 bridgehead atoms. The molecule has 1 saturated heterocycles. The first-order valence-corrected chi connectivity index (χ1v) is 9.04. The van der Waals surface area contributed by atoms with Gasteiger partial charge in [0.15, 0.2) is 11.5 Å². The molecule has 2 aliphatic heterocycles. The van der Waals surface area contributed by atoms with Crippen LogP contribution in [0.25, 0.3) is 0 Å². The number of likely N-dealkylation sites (tertiary alicyclic amines) is 1. The molecule has 1 atom stereocenters. The van der Waals surface area contributed by atoms with Crippen molar-refractivity contribution in [3.05, 3.63) is 48.2 Å². The molecule has 0 aliphatic carbocycles. The fourth-order valence-corrected chi connectivity index (χ4v) is 3.38. The van der Waals surface area contributed by atoms with Crippen LogP contribution < -0.4 is 14.8 Å². The summed E-state index contributed by atoms with van der Waals surface area (Å²) in [5.74, 6) is 1.95. The van der Waals surface area contributed by atoms with E-state index in [1.807, 2.05) is 47.4 Å². The first kappa shape index (κ1) is 17.2. The van der Waals surface area contributed by atoms with Crippen molar-refractivity contribution >= 4 is 11.7 Å². The summed E-state index contributed by atoms with van der Waals surface area (Å²) < 4.78 is 11.5. The Morgan fingerprint density at radius 3 is 2.70 bits per heavy atom. The van der Waals surface area contributed by atoms with Gasteiger partial charge >= 0.3 is 0 Å². The zero-order valence-electron chi connectivity index (χ0n) is 14.8. The van der Waals surface area contributed by atoms with E-state index in [2.05, 4.69) is 10.3 Å². The maximum absolute atomic E-state index is 12.8. The highest BCUT2D eigenvalue weighted by atomic mass is 16.6. The van der Waals surface area contributed by atoms with Crippen molar-refractivity contribution in [2.24, 2.45) is 0 Å². The number of carbonyl (C=O) groups excluding carboxylic acids is 1. The third-order valence-electron chi connectivity index (χ3n) is 4.81. The molecule has 2 aliphatic rings. The number of anilines is 1. The Kier molecular flexibility index (Phi) is 4.79. The highest BCUT2D eigenvalue weighted by Crippen LogP contribution is 2.31. The summed E-state index contributed by atoms with van der Waals surface area (Å²) in [4.78, 5) is 18.8. The molecule has 0 spiro atoms. The molecule has 0 radical (unpaired) electrons. The second kappa shape index (κ2) is 7.54. The lowest BCUT2D eigenvalue weighted by atomic mass is 10.0. The van der Waals surface area contributed by atoms with E-state index in [4.69, 9.17) is 14.7 Å². The summed E-state index contributed by atoms with van der Waals surface area (Å²) in [6.07, 6.45) is 1.03. The number of amides is 1. The highest BCUT2D eigenvalue weighted by Gasteiger charge is 2.33.